The zero-order valence-electron chi connectivity index (χ0n) is 15.4. The van der Waals surface area contributed by atoms with Crippen LogP contribution in [0.25, 0.3) is 0 Å². The standard InChI is InChI=1S/C19H18N6O3S/c26-18(14-2-1-3-15(12-14)22-19-20-6-11-29-19)24-9-7-23(8-10-24)17-5-4-16(13-21-17)25(27)28/h1-6,11-13H,7-10H2,(H,20,22). The molecule has 1 amide bonds. The van der Waals surface area contributed by atoms with Gasteiger partial charge in [0.25, 0.3) is 11.6 Å². The number of carbonyl (C=O) groups excluding carboxylic acids is 1. The average Bonchev–Trinajstić information content (AvgIpc) is 3.26. The summed E-state index contributed by atoms with van der Waals surface area (Å²) in [5.74, 6) is 0.654. The molecule has 10 heteroatoms. The van der Waals surface area contributed by atoms with Gasteiger partial charge >= 0.3 is 0 Å². The fourth-order valence-electron chi connectivity index (χ4n) is 3.13. The van der Waals surface area contributed by atoms with E-state index in [-0.39, 0.29) is 11.6 Å². The quantitative estimate of drug-likeness (QED) is 0.509. The first-order valence-electron chi connectivity index (χ1n) is 9.01. The van der Waals surface area contributed by atoms with E-state index in [1.54, 1.807) is 18.3 Å². The monoisotopic (exact) mass is 410 g/mol. The van der Waals surface area contributed by atoms with Crippen LogP contribution in [0.2, 0.25) is 0 Å². The van der Waals surface area contributed by atoms with Gasteiger partial charge in [-0.25, -0.2) is 9.97 Å². The normalized spacial score (nSPS) is 13.9. The van der Waals surface area contributed by atoms with Crippen molar-refractivity contribution in [1.82, 2.24) is 14.9 Å². The topological polar surface area (TPSA) is 105 Å². The van der Waals surface area contributed by atoms with E-state index in [1.165, 1.54) is 23.6 Å². The number of amides is 1. The van der Waals surface area contributed by atoms with Crippen LogP contribution in [0.1, 0.15) is 10.4 Å². The van der Waals surface area contributed by atoms with Crippen LogP contribution in [-0.2, 0) is 0 Å². The summed E-state index contributed by atoms with van der Waals surface area (Å²) in [6, 6.07) is 10.5. The van der Waals surface area contributed by atoms with E-state index < -0.39 is 4.92 Å². The summed E-state index contributed by atoms with van der Waals surface area (Å²) in [6.07, 6.45) is 2.98. The molecule has 148 valence electrons. The summed E-state index contributed by atoms with van der Waals surface area (Å²) in [5.41, 5.74) is 1.40. The minimum Gasteiger partial charge on any atom is -0.353 e. The number of pyridine rings is 1. The molecule has 3 aromatic rings. The van der Waals surface area contributed by atoms with Crippen LogP contribution in [0.3, 0.4) is 0 Å². The molecule has 3 heterocycles. The van der Waals surface area contributed by atoms with Gasteiger partial charge in [-0.1, -0.05) is 6.07 Å². The lowest BCUT2D eigenvalue weighted by molar-refractivity contribution is -0.385. The van der Waals surface area contributed by atoms with Crippen LogP contribution >= 0.6 is 11.3 Å². The van der Waals surface area contributed by atoms with Crippen molar-refractivity contribution in [3.05, 3.63) is 69.8 Å². The molecule has 1 N–H and O–H groups in total. The SMILES string of the molecule is O=C(c1cccc(Nc2nccs2)c1)N1CCN(c2ccc([N+](=O)[O-])cn2)CC1. The molecule has 4 rings (SSSR count). The first-order valence-corrected chi connectivity index (χ1v) is 9.89. The zero-order chi connectivity index (χ0) is 20.2. The predicted octanol–water partition coefficient (Wildman–Crippen LogP) is 3.15. The number of nitro groups is 1. The number of carbonyl (C=O) groups is 1. The highest BCUT2D eigenvalue weighted by Gasteiger charge is 2.23. The molecular formula is C19H18N6O3S. The number of hydrogen-bond donors (Lipinski definition) is 1. The Balaban J connectivity index is 1.38. The molecule has 9 nitrogen and oxygen atoms in total. The summed E-state index contributed by atoms with van der Waals surface area (Å²) in [5, 5.41) is 16.6. The molecule has 0 bridgehead atoms. The summed E-state index contributed by atoms with van der Waals surface area (Å²) in [4.78, 5) is 35.4. The Morgan fingerprint density at radius 3 is 2.62 bits per heavy atom. The van der Waals surface area contributed by atoms with Crippen LogP contribution in [-0.4, -0.2) is 51.9 Å². The summed E-state index contributed by atoms with van der Waals surface area (Å²) >= 11 is 1.49. The van der Waals surface area contributed by atoms with Gasteiger partial charge in [-0.2, -0.15) is 0 Å². The number of piperazine rings is 1. The van der Waals surface area contributed by atoms with E-state index >= 15 is 0 Å². The Kier molecular flexibility index (Phi) is 5.34. The molecule has 29 heavy (non-hydrogen) atoms. The lowest BCUT2D eigenvalue weighted by atomic mass is 10.1. The predicted molar refractivity (Wildman–Crippen MR) is 111 cm³/mol. The molecule has 1 aliphatic heterocycles. The number of rotatable bonds is 5. The first-order chi connectivity index (χ1) is 14.1. The third kappa shape index (κ3) is 4.32. The van der Waals surface area contributed by atoms with Gasteiger partial charge in [-0.15, -0.1) is 11.3 Å². The third-order valence-corrected chi connectivity index (χ3v) is 5.32. The number of aromatic nitrogens is 2. The molecule has 1 fully saturated rings. The van der Waals surface area contributed by atoms with Gasteiger partial charge in [-0.3, -0.25) is 14.9 Å². The summed E-state index contributed by atoms with van der Waals surface area (Å²) < 4.78 is 0. The number of anilines is 3. The van der Waals surface area contributed by atoms with Crippen LogP contribution in [0.4, 0.5) is 22.3 Å². The van der Waals surface area contributed by atoms with Crippen molar-refractivity contribution >= 4 is 39.6 Å². The molecule has 0 aliphatic carbocycles. The molecule has 0 saturated carbocycles. The van der Waals surface area contributed by atoms with Crippen molar-refractivity contribution in [3.63, 3.8) is 0 Å². The maximum Gasteiger partial charge on any atom is 0.287 e. The second kappa shape index (κ2) is 8.23. The fraction of sp³-hybridized carbons (Fsp3) is 0.211. The smallest absolute Gasteiger partial charge is 0.287 e. The molecule has 0 unspecified atom stereocenters. The second-order valence-electron chi connectivity index (χ2n) is 6.45. The van der Waals surface area contributed by atoms with Gasteiger partial charge < -0.3 is 15.1 Å². The van der Waals surface area contributed by atoms with Crippen molar-refractivity contribution in [2.45, 2.75) is 0 Å². The first kappa shape index (κ1) is 18.8. The Morgan fingerprint density at radius 2 is 1.97 bits per heavy atom. The molecule has 0 atom stereocenters. The third-order valence-electron chi connectivity index (χ3n) is 4.63. The molecular weight excluding hydrogens is 392 g/mol. The minimum atomic E-state index is -0.467. The average molecular weight is 410 g/mol. The number of nitrogens with zero attached hydrogens (tertiary/aromatic N) is 5. The minimum absolute atomic E-state index is 0.0240. The molecule has 0 spiro atoms. The van der Waals surface area contributed by atoms with Crippen molar-refractivity contribution in [1.29, 1.82) is 0 Å². The molecule has 0 radical (unpaired) electrons. The van der Waals surface area contributed by atoms with Crippen LogP contribution in [0, 0.1) is 10.1 Å². The largest absolute Gasteiger partial charge is 0.353 e. The van der Waals surface area contributed by atoms with Crippen LogP contribution < -0.4 is 10.2 Å². The van der Waals surface area contributed by atoms with Gasteiger partial charge in [0, 0.05) is 55.1 Å². The number of hydrogen-bond acceptors (Lipinski definition) is 8. The van der Waals surface area contributed by atoms with E-state index in [0.29, 0.717) is 37.6 Å². The van der Waals surface area contributed by atoms with Crippen LogP contribution in [0.5, 0.6) is 0 Å². The Bertz CT molecular complexity index is 1000. The van der Waals surface area contributed by atoms with Gasteiger partial charge in [0.15, 0.2) is 5.13 Å². The zero-order valence-corrected chi connectivity index (χ0v) is 16.2. The Labute approximate surface area is 170 Å². The lowest BCUT2D eigenvalue weighted by Crippen LogP contribution is -2.49. The van der Waals surface area contributed by atoms with Gasteiger partial charge in [0.1, 0.15) is 12.0 Å². The van der Waals surface area contributed by atoms with Crippen molar-refractivity contribution in [2.24, 2.45) is 0 Å². The highest BCUT2D eigenvalue weighted by atomic mass is 32.1. The van der Waals surface area contributed by atoms with E-state index in [9.17, 15) is 14.9 Å². The number of thiazole rings is 1. The fourth-order valence-corrected chi connectivity index (χ4v) is 3.68. The van der Waals surface area contributed by atoms with Gasteiger partial charge in [0.2, 0.25) is 0 Å². The maximum atomic E-state index is 12.9. The van der Waals surface area contributed by atoms with Gasteiger partial charge in [-0.05, 0) is 24.3 Å². The van der Waals surface area contributed by atoms with Crippen molar-refractivity contribution in [2.75, 3.05) is 36.4 Å². The molecule has 2 aromatic heterocycles. The van der Waals surface area contributed by atoms with Gasteiger partial charge in [0.05, 0.1) is 4.92 Å². The van der Waals surface area contributed by atoms with E-state index in [0.717, 1.165) is 10.8 Å². The van der Waals surface area contributed by atoms with Crippen LogP contribution in [0.15, 0.2) is 54.2 Å². The number of nitrogens with one attached hydrogen (secondary N) is 1. The van der Waals surface area contributed by atoms with Crippen molar-refractivity contribution < 1.29 is 9.72 Å². The number of benzene rings is 1. The maximum absolute atomic E-state index is 12.9. The second-order valence-corrected chi connectivity index (χ2v) is 7.35. The molecule has 1 saturated heterocycles. The highest BCUT2D eigenvalue weighted by Crippen LogP contribution is 2.21. The van der Waals surface area contributed by atoms with E-state index in [1.807, 2.05) is 33.4 Å². The molecule has 1 aliphatic rings. The lowest BCUT2D eigenvalue weighted by Gasteiger charge is -2.35. The summed E-state index contributed by atoms with van der Waals surface area (Å²) in [7, 11) is 0. The van der Waals surface area contributed by atoms with Crippen molar-refractivity contribution in [3.8, 4) is 0 Å². The highest BCUT2D eigenvalue weighted by molar-refractivity contribution is 7.13. The Morgan fingerprint density at radius 1 is 1.14 bits per heavy atom. The van der Waals surface area contributed by atoms with E-state index in [2.05, 4.69) is 15.3 Å². The van der Waals surface area contributed by atoms with E-state index in [4.69, 9.17) is 0 Å². The molecule has 1 aromatic carbocycles. The summed E-state index contributed by atoms with van der Waals surface area (Å²) in [6.45, 7) is 2.35. The Hall–Kier alpha value is -3.53.